The molecule has 3 saturated carbocycles. The highest BCUT2D eigenvalue weighted by atomic mass is 19.4. The maximum absolute atomic E-state index is 13.5. The SMILES string of the molecule is CC(C)(C)OC(=O)OC(CC1CC2CC1C1C3C=CC(C3)C21)C(F)(F)F. The monoisotopic (exact) mass is 372 g/mol. The van der Waals surface area contributed by atoms with E-state index < -0.39 is 24.0 Å². The topological polar surface area (TPSA) is 35.5 Å². The summed E-state index contributed by atoms with van der Waals surface area (Å²) in [5.41, 5.74) is -0.873. The molecule has 146 valence electrons. The highest BCUT2D eigenvalue weighted by Crippen LogP contribution is 2.67. The number of hydrogen-bond donors (Lipinski definition) is 0. The van der Waals surface area contributed by atoms with E-state index in [1.54, 1.807) is 20.8 Å². The van der Waals surface area contributed by atoms with Crippen LogP contribution in [0.3, 0.4) is 0 Å². The molecular weight excluding hydrogens is 345 g/mol. The molecule has 0 aliphatic heterocycles. The molecular formula is C20H27F3O3. The summed E-state index contributed by atoms with van der Waals surface area (Å²) in [7, 11) is 0. The molecule has 0 N–H and O–H groups in total. The maximum atomic E-state index is 13.5. The van der Waals surface area contributed by atoms with Crippen LogP contribution in [0.15, 0.2) is 12.2 Å². The molecule has 6 heteroatoms. The van der Waals surface area contributed by atoms with Crippen LogP contribution in [-0.2, 0) is 9.47 Å². The lowest BCUT2D eigenvalue weighted by Gasteiger charge is -2.38. The van der Waals surface area contributed by atoms with E-state index in [1.807, 2.05) is 0 Å². The van der Waals surface area contributed by atoms with E-state index in [0.717, 1.165) is 12.8 Å². The van der Waals surface area contributed by atoms with Crippen LogP contribution in [0.4, 0.5) is 18.0 Å². The van der Waals surface area contributed by atoms with Crippen LogP contribution in [-0.4, -0.2) is 24.0 Å². The van der Waals surface area contributed by atoms with Crippen molar-refractivity contribution >= 4 is 6.16 Å². The van der Waals surface area contributed by atoms with Gasteiger partial charge >= 0.3 is 12.3 Å². The third-order valence-corrected chi connectivity index (χ3v) is 6.92. The highest BCUT2D eigenvalue weighted by molar-refractivity contribution is 5.60. The third kappa shape index (κ3) is 3.13. The van der Waals surface area contributed by atoms with Crippen molar-refractivity contribution < 1.29 is 27.4 Å². The Labute approximate surface area is 152 Å². The first kappa shape index (κ1) is 18.2. The zero-order valence-corrected chi connectivity index (χ0v) is 15.5. The highest BCUT2D eigenvalue weighted by Gasteiger charge is 2.61. The van der Waals surface area contributed by atoms with Crippen molar-refractivity contribution in [3.05, 3.63) is 12.2 Å². The Hall–Kier alpha value is -1.20. The quantitative estimate of drug-likeness (QED) is 0.380. The number of alkyl halides is 3. The number of carbonyl (C=O) groups is 1. The standard InChI is InChI=1S/C20H27F3O3/c1-19(2,3)26-18(24)25-15(20(21,22)23)9-12-7-13-8-14(12)17-11-5-4-10(6-11)16(13)17/h4-5,10-17H,6-9H2,1-3H3. The molecule has 0 heterocycles. The molecule has 0 aromatic rings. The first-order chi connectivity index (χ1) is 12.0. The lowest BCUT2D eigenvalue weighted by molar-refractivity contribution is -0.217. The van der Waals surface area contributed by atoms with Crippen molar-refractivity contribution in [1.29, 1.82) is 0 Å². The van der Waals surface area contributed by atoms with E-state index in [2.05, 4.69) is 12.2 Å². The lowest BCUT2D eigenvalue weighted by atomic mass is 9.68. The van der Waals surface area contributed by atoms with Crippen LogP contribution < -0.4 is 0 Å². The largest absolute Gasteiger partial charge is 0.509 e. The minimum Gasteiger partial charge on any atom is -0.429 e. The van der Waals surface area contributed by atoms with E-state index in [9.17, 15) is 18.0 Å². The molecule has 4 aliphatic rings. The number of halogens is 3. The minimum absolute atomic E-state index is 0.0111. The number of allylic oxidation sites excluding steroid dienone is 2. The van der Waals surface area contributed by atoms with Gasteiger partial charge < -0.3 is 9.47 Å². The second-order valence-electron chi connectivity index (χ2n) is 9.61. The van der Waals surface area contributed by atoms with Crippen LogP contribution in [0.25, 0.3) is 0 Å². The number of carbonyl (C=O) groups excluding carboxylic acids is 1. The molecule has 4 aliphatic carbocycles. The first-order valence-corrected chi connectivity index (χ1v) is 9.67. The Morgan fingerprint density at radius 1 is 1.08 bits per heavy atom. The normalized spacial score (nSPS) is 41.4. The van der Waals surface area contributed by atoms with Crippen LogP contribution in [0.1, 0.15) is 46.5 Å². The van der Waals surface area contributed by atoms with Crippen LogP contribution in [0.5, 0.6) is 0 Å². The Morgan fingerprint density at radius 2 is 1.73 bits per heavy atom. The Balaban J connectivity index is 1.43. The number of ether oxygens (including phenoxy) is 2. The fourth-order valence-corrected chi connectivity index (χ4v) is 6.34. The lowest BCUT2D eigenvalue weighted by Crippen LogP contribution is -2.40. The first-order valence-electron chi connectivity index (χ1n) is 9.67. The van der Waals surface area contributed by atoms with Gasteiger partial charge in [0.1, 0.15) is 5.60 Å². The summed E-state index contributed by atoms with van der Waals surface area (Å²) in [6, 6.07) is 0. The molecule has 0 saturated heterocycles. The van der Waals surface area contributed by atoms with E-state index in [0.29, 0.717) is 35.5 Å². The molecule has 8 unspecified atom stereocenters. The second-order valence-corrected chi connectivity index (χ2v) is 9.61. The number of fused-ring (bicyclic) bond motifs is 9. The average molecular weight is 372 g/mol. The van der Waals surface area contributed by atoms with Gasteiger partial charge in [0.2, 0.25) is 6.10 Å². The molecule has 0 amide bonds. The fourth-order valence-electron chi connectivity index (χ4n) is 6.34. The van der Waals surface area contributed by atoms with Crippen molar-refractivity contribution in [3.63, 3.8) is 0 Å². The predicted molar refractivity (Wildman–Crippen MR) is 89.2 cm³/mol. The van der Waals surface area contributed by atoms with Crippen molar-refractivity contribution in [2.45, 2.75) is 64.3 Å². The van der Waals surface area contributed by atoms with Gasteiger partial charge in [0, 0.05) is 0 Å². The third-order valence-electron chi connectivity index (χ3n) is 6.92. The van der Waals surface area contributed by atoms with Gasteiger partial charge in [0.15, 0.2) is 0 Å². The van der Waals surface area contributed by atoms with Gasteiger partial charge in [-0.25, -0.2) is 4.79 Å². The zero-order valence-electron chi connectivity index (χ0n) is 15.5. The summed E-state index contributed by atoms with van der Waals surface area (Å²) >= 11 is 0. The Kier molecular flexibility index (Phi) is 4.12. The van der Waals surface area contributed by atoms with Gasteiger partial charge in [0.25, 0.3) is 0 Å². The van der Waals surface area contributed by atoms with E-state index in [-0.39, 0.29) is 12.3 Å². The Morgan fingerprint density at radius 3 is 2.35 bits per heavy atom. The molecule has 26 heavy (non-hydrogen) atoms. The summed E-state index contributed by atoms with van der Waals surface area (Å²) in [6.07, 6.45) is -0.322. The maximum Gasteiger partial charge on any atom is 0.509 e. The van der Waals surface area contributed by atoms with Gasteiger partial charge in [0.05, 0.1) is 0 Å². The van der Waals surface area contributed by atoms with E-state index >= 15 is 0 Å². The van der Waals surface area contributed by atoms with E-state index in [4.69, 9.17) is 9.47 Å². The predicted octanol–water partition coefficient (Wildman–Crippen LogP) is 5.35. The van der Waals surface area contributed by atoms with Gasteiger partial charge in [-0.15, -0.1) is 0 Å². The zero-order chi connectivity index (χ0) is 18.9. The van der Waals surface area contributed by atoms with Crippen LogP contribution in [0, 0.1) is 41.4 Å². The average Bonchev–Trinajstić information content (AvgIpc) is 3.22. The van der Waals surface area contributed by atoms with E-state index in [1.165, 1.54) is 6.42 Å². The summed E-state index contributed by atoms with van der Waals surface area (Å²) in [5, 5.41) is 0. The van der Waals surface area contributed by atoms with Gasteiger partial charge in [-0.05, 0) is 87.9 Å². The smallest absolute Gasteiger partial charge is 0.429 e. The fraction of sp³-hybridized carbons (Fsp3) is 0.850. The molecule has 3 nitrogen and oxygen atoms in total. The summed E-state index contributed by atoms with van der Waals surface area (Å²) in [5.74, 6) is 3.31. The van der Waals surface area contributed by atoms with Crippen molar-refractivity contribution in [2.75, 3.05) is 0 Å². The van der Waals surface area contributed by atoms with Crippen molar-refractivity contribution in [1.82, 2.24) is 0 Å². The number of rotatable bonds is 3. The van der Waals surface area contributed by atoms with Crippen LogP contribution in [0.2, 0.25) is 0 Å². The molecule has 3 fully saturated rings. The molecule has 0 aromatic carbocycles. The van der Waals surface area contributed by atoms with Crippen molar-refractivity contribution in [3.8, 4) is 0 Å². The molecule has 8 atom stereocenters. The molecule has 4 bridgehead atoms. The Bertz CT molecular complexity index is 606. The molecule has 0 aromatic heterocycles. The van der Waals surface area contributed by atoms with Gasteiger partial charge in [-0.3, -0.25) is 0 Å². The number of hydrogen-bond acceptors (Lipinski definition) is 3. The molecule has 4 rings (SSSR count). The van der Waals surface area contributed by atoms with Gasteiger partial charge in [-0.1, -0.05) is 12.2 Å². The minimum atomic E-state index is -4.56. The summed E-state index contributed by atoms with van der Waals surface area (Å²) < 4.78 is 50.1. The van der Waals surface area contributed by atoms with Crippen LogP contribution >= 0.6 is 0 Å². The summed E-state index contributed by atoms with van der Waals surface area (Å²) in [6.45, 7) is 4.82. The summed E-state index contributed by atoms with van der Waals surface area (Å²) in [4.78, 5) is 11.8. The molecule has 0 spiro atoms. The van der Waals surface area contributed by atoms with Gasteiger partial charge in [-0.2, -0.15) is 13.2 Å². The van der Waals surface area contributed by atoms with Crippen molar-refractivity contribution in [2.24, 2.45) is 41.4 Å². The second kappa shape index (κ2) is 5.90. The molecule has 0 radical (unpaired) electrons.